The highest BCUT2D eigenvalue weighted by atomic mass is 16.5. The van der Waals surface area contributed by atoms with Gasteiger partial charge in [-0.2, -0.15) is 0 Å². The highest BCUT2D eigenvalue weighted by molar-refractivity contribution is 5.43. The van der Waals surface area contributed by atoms with Crippen molar-refractivity contribution in [1.82, 2.24) is 0 Å². The van der Waals surface area contributed by atoms with E-state index < -0.39 is 0 Å². The van der Waals surface area contributed by atoms with Gasteiger partial charge in [0, 0.05) is 12.6 Å². The van der Waals surface area contributed by atoms with E-state index in [2.05, 4.69) is 6.07 Å². The first-order chi connectivity index (χ1) is 10.2. The van der Waals surface area contributed by atoms with Gasteiger partial charge in [0.2, 0.25) is 0 Å². The van der Waals surface area contributed by atoms with E-state index in [-0.39, 0.29) is 12.1 Å². The van der Waals surface area contributed by atoms with E-state index in [0.29, 0.717) is 13.2 Å². The Hall–Kier alpha value is -1.26. The molecule has 0 spiro atoms. The van der Waals surface area contributed by atoms with Gasteiger partial charge < -0.3 is 19.9 Å². The fourth-order valence-electron chi connectivity index (χ4n) is 2.56. The minimum atomic E-state index is 0.141. The third-order valence-corrected chi connectivity index (χ3v) is 3.56. The Kier molecular flexibility index (Phi) is 6.33. The fraction of sp³-hybridized carbons (Fsp3) is 0.647. The average Bonchev–Trinajstić information content (AvgIpc) is 2.47. The average molecular weight is 293 g/mol. The molecule has 1 heterocycles. The van der Waals surface area contributed by atoms with Crippen LogP contribution in [0, 0.1) is 0 Å². The van der Waals surface area contributed by atoms with Gasteiger partial charge in [-0.05, 0) is 57.2 Å². The van der Waals surface area contributed by atoms with Crippen molar-refractivity contribution in [3.63, 3.8) is 0 Å². The molecule has 118 valence electrons. The van der Waals surface area contributed by atoms with Gasteiger partial charge in [0.15, 0.2) is 11.5 Å². The van der Waals surface area contributed by atoms with E-state index in [9.17, 15) is 0 Å². The Morgan fingerprint density at radius 3 is 2.81 bits per heavy atom. The molecule has 0 radical (unpaired) electrons. The number of hydrogen-bond donors (Lipinski definition) is 1. The van der Waals surface area contributed by atoms with Crippen LogP contribution in [0.2, 0.25) is 0 Å². The Balaban J connectivity index is 1.99. The lowest BCUT2D eigenvalue weighted by molar-refractivity contribution is -0.0115. The van der Waals surface area contributed by atoms with Crippen molar-refractivity contribution in [3.8, 4) is 11.5 Å². The number of benzene rings is 1. The summed E-state index contributed by atoms with van der Waals surface area (Å²) < 4.78 is 17.3. The summed E-state index contributed by atoms with van der Waals surface area (Å²) in [6.45, 7) is 6.04. The molecule has 1 aliphatic heterocycles. The first kappa shape index (κ1) is 16.1. The van der Waals surface area contributed by atoms with E-state index in [1.54, 1.807) is 0 Å². The molecule has 4 heteroatoms. The Morgan fingerprint density at radius 2 is 2.14 bits per heavy atom. The van der Waals surface area contributed by atoms with Crippen LogP contribution in [0.15, 0.2) is 18.2 Å². The first-order valence-corrected chi connectivity index (χ1v) is 7.94. The monoisotopic (exact) mass is 293 g/mol. The summed E-state index contributed by atoms with van der Waals surface area (Å²) in [5, 5.41) is 0. The summed E-state index contributed by atoms with van der Waals surface area (Å²) in [5.41, 5.74) is 7.03. The standard InChI is InChI=1S/C17H27NO3/c1-3-19-17-11-14(10-13(2)18)7-8-16(17)21-12-15-6-4-5-9-20-15/h7-8,11,13,15H,3-6,9-10,12,18H2,1-2H3. The highest BCUT2D eigenvalue weighted by Crippen LogP contribution is 2.29. The normalized spacial score (nSPS) is 20.0. The summed E-state index contributed by atoms with van der Waals surface area (Å²) in [6.07, 6.45) is 4.50. The van der Waals surface area contributed by atoms with E-state index in [1.807, 2.05) is 26.0 Å². The zero-order valence-electron chi connectivity index (χ0n) is 13.1. The molecule has 1 aromatic rings. The van der Waals surface area contributed by atoms with Crippen molar-refractivity contribution >= 4 is 0 Å². The molecule has 2 N–H and O–H groups in total. The molecular formula is C17H27NO3. The van der Waals surface area contributed by atoms with Crippen LogP contribution in [-0.4, -0.2) is 32.0 Å². The van der Waals surface area contributed by atoms with Crippen molar-refractivity contribution < 1.29 is 14.2 Å². The maximum Gasteiger partial charge on any atom is 0.161 e. The van der Waals surface area contributed by atoms with Gasteiger partial charge in [-0.1, -0.05) is 6.07 Å². The van der Waals surface area contributed by atoms with E-state index in [4.69, 9.17) is 19.9 Å². The molecule has 1 saturated heterocycles. The molecule has 0 aliphatic carbocycles. The highest BCUT2D eigenvalue weighted by Gasteiger charge is 2.16. The molecule has 1 aromatic carbocycles. The lowest BCUT2D eigenvalue weighted by atomic mass is 10.1. The van der Waals surface area contributed by atoms with Crippen molar-refractivity contribution in [1.29, 1.82) is 0 Å². The van der Waals surface area contributed by atoms with Crippen molar-refractivity contribution in [2.45, 2.75) is 51.7 Å². The van der Waals surface area contributed by atoms with Crippen LogP contribution in [0.1, 0.15) is 38.7 Å². The smallest absolute Gasteiger partial charge is 0.161 e. The van der Waals surface area contributed by atoms with Gasteiger partial charge in [0.05, 0.1) is 12.7 Å². The van der Waals surface area contributed by atoms with Gasteiger partial charge in [0.25, 0.3) is 0 Å². The quantitative estimate of drug-likeness (QED) is 0.840. The van der Waals surface area contributed by atoms with E-state index >= 15 is 0 Å². The Bertz CT molecular complexity index is 428. The molecule has 0 saturated carbocycles. The van der Waals surface area contributed by atoms with Gasteiger partial charge in [0.1, 0.15) is 6.61 Å². The number of rotatable bonds is 7. The summed E-state index contributed by atoms with van der Waals surface area (Å²) >= 11 is 0. The summed E-state index contributed by atoms with van der Waals surface area (Å²) in [6, 6.07) is 6.21. The number of hydrogen-bond acceptors (Lipinski definition) is 4. The number of nitrogens with two attached hydrogens (primary N) is 1. The topological polar surface area (TPSA) is 53.7 Å². The number of ether oxygens (including phenoxy) is 3. The Morgan fingerprint density at radius 1 is 1.29 bits per heavy atom. The van der Waals surface area contributed by atoms with Crippen LogP contribution in [-0.2, 0) is 11.2 Å². The molecule has 4 nitrogen and oxygen atoms in total. The van der Waals surface area contributed by atoms with Gasteiger partial charge >= 0.3 is 0 Å². The third kappa shape index (κ3) is 5.21. The minimum absolute atomic E-state index is 0.141. The zero-order valence-corrected chi connectivity index (χ0v) is 13.1. The molecule has 0 aromatic heterocycles. The van der Waals surface area contributed by atoms with E-state index in [0.717, 1.165) is 37.4 Å². The largest absolute Gasteiger partial charge is 0.490 e. The summed E-state index contributed by atoms with van der Waals surface area (Å²) in [5.74, 6) is 1.59. The lowest BCUT2D eigenvalue weighted by Gasteiger charge is -2.23. The van der Waals surface area contributed by atoms with Crippen LogP contribution in [0.5, 0.6) is 11.5 Å². The molecule has 1 fully saturated rings. The molecule has 2 atom stereocenters. The van der Waals surface area contributed by atoms with E-state index in [1.165, 1.54) is 12.0 Å². The second kappa shape index (κ2) is 8.25. The van der Waals surface area contributed by atoms with Crippen LogP contribution in [0.4, 0.5) is 0 Å². The van der Waals surface area contributed by atoms with Gasteiger partial charge in [-0.15, -0.1) is 0 Å². The maximum atomic E-state index is 5.91. The predicted molar refractivity (Wildman–Crippen MR) is 84.1 cm³/mol. The van der Waals surface area contributed by atoms with Crippen LogP contribution in [0.3, 0.4) is 0 Å². The van der Waals surface area contributed by atoms with Crippen LogP contribution < -0.4 is 15.2 Å². The van der Waals surface area contributed by atoms with Crippen molar-refractivity contribution in [2.24, 2.45) is 5.73 Å². The molecular weight excluding hydrogens is 266 g/mol. The van der Waals surface area contributed by atoms with Gasteiger partial charge in [-0.3, -0.25) is 0 Å². The lowest BCUT2D eigenvalue weighted by Crippen LogP contribution is -2.26. The van der Waals surface area contributed by atoms with Gasteiger partial charge in [-0.25, -0.2) is 0 Å². The molecule has 0 amide bonds. The summed E-state index contributed by atoms with van der Waals surface area (Å²) in [7, 11) is 0. The molecule has 2 unspecified atom stereocenters. The molecule has 1 aliphatic rings. The summed E-state index contributed by atoms with van der Waals surface area (Å²) in [4.78, 5) is 0. The Labute approximate surface area is 127 Å². The second-order valence-electron chi connectivity index (χ2n) is 5.70. The second-order valence-corrected chi connectivity index (χ2v) is 5.70. The molecule has 21 heavy (non-hydrogen) atoms. The molecule has 2 rings (SSSR count). The maximum absolute atomic E-state index is 5.91. The van der Waals surface area contributed by atoms with Crippen LogP contribution in [0.25, 0.3) is 0 Å². The minimum Gasteiger partial charge on any atom is -0.490 e. The van der Waals surface area contributed by atoms with Crippen molar-refractivity contribution in [3.05, 3.63) is 23.8 Å². The predicted octanol–water partition coefficient (Wildman–Crippen LogP) is 2.92. The molecule has 0 bridgehead atoms. The SMILES string of the molecule is CCOc1cc(CC(C)N)ccc1OCC1CCCCO1. The first-order valence-electron chi connectivity index (χ1n) is 7.94. The van der Waals surface area contributed by atoms with Crippen molar-refractivity contribution in [2.75, 3.05) is 19.8 Å². The third-order valence-electron chi connectivity index (χ3n) is 3.56. The zero-order chi connectivity index (χ0) is 15.1. The van der Waals surface area contributed by atoms with Crippen LogP contribution >= 0.6 is 0 Å². The fourth-order valence-corrected chi connectivity index (χ4v) is 2.56.